The highest BCUT2D eigenvalue weighted by molar-refractivity contribution is 7.15. The highest BCUT2D eigenvalue weighted by Gasteiger charge is 2.13. The Labute approximate surface area is 150 Å². The Morgan fingerprint density at radius 3 is 2.96 bits per heavy atom. The lowest BCUT2D eigenvalue weighted by Crippen LogP contribution is -2.18. The number of nitrogens with zero attached hydrogens (tertiary/aromatic N) is 2. The number of benzene rings is 1. The minimum Gasteiger partial charge on any atom is -0.384 e. The molecule has 0 radical (unpaired) electrons. The fraction of sp³-hybridized carbons (Fsp3) is 0.158. The van der Waals surface area contributed by atoms with Crippen LogP contribution in [0.1, 0.15) is 20.8 Å². The number of aliphatic hydroxyl groups excluding tert-OH is 1. The SMILES string of the molecule is CNC(=O)c1ccc(C)c(-n2ccnc2-c2ccc(C#CCO)s2)c1. The van der Waals surface area contributed by atoms with E-state index in [-0.39, 0.29) is 12.5 Å². The summed E-state index contributed by atoms with van der Waals surface area (Å²) in [5.41, 5.74) is 2.55. The number of imidazole rings is 1. The summed E-state index contributed by atoms with van der Waals surface area (Å²) in [6.45, 7) is 1.84. The van der Waals surface area contributed by atoms with Crippen molar-refractivity contribution in [2.75, 3.05) is 13.7 Å². The van der Waals surface area contributed by atoms with E-state index in [9.17, 15) is 4.79 Å². The largest absolute Gasteiger partial charge is 0.384 e. The number of nitrogens with one attached hydrogen (secondary N) is 1. The predicted molar refractivity (Wildman–Crippen MR) is 99.0 cm³/mol. The van der Waals surface area contributed by atoms with E-state index in [1.165, 1.54) is 11.3 Å². The van der Waals surface area contributed by atoms with Gasteiger partial charge in [0, 0.05) is 25.0 Å². The minimum atomic E-state index is -0.159. The lowest BCUT2D eigenvalue weighted by Gasteiger charge is -2.12. The predicted octanol–water partition coefficient (Wildman–Crippen LogP) is 2.61. The topological polar surface area (TPSA) is 67.2 Å². The average Bonchev–Trinajstić information content (AvgIpc) is 3.28. The Kier molecular flexibility index (Phi) is 4.98. The molecule has 2 N–H and O–H groups in total. The maximum Gasteiger partial charge on any atom is 0.251 e. The fourth-order valence-corrected chi connectivity index (χ4v) is 3.36. The van der Waals surface area contributed by atoms with Crippen LogP contribution in [0.5, 0.6) is 0 Å². The molecule has 0 atom stereocenters. The molecule has 0 spiro atoms. The van der Waals surface area contributed by atoms with Crippen LogP contribution < -0.4 is 5.32 Å². The summed E-state index contributed by atoms with van der Waals surface area (Å²) in [7, 11) is 1.62. The first-order valence-corrected chi connectivity index (χ1v) is 8.52. The molecule has 0 bridgehead atoms. The van der Waals surface area contributed by atoms with Crippen molar-refractivity contribution in [3.05, 3.63) is 58.7 Å². The lowest BCUT2D eigenvalue weighted by atomic mass is 10.1. The minimum absolute atomic E-state index is 0.124. The van der Waals surface area contributed by atoms with Gasteiger partial charge in [-0.05, 0) is 36.8 Å². The Morgan fingerprint density at radius 2 is 2.20 bits per heavy atom. The van der Waals surface area contributed by atoms with Crippen molar-refractivity contribution >= 4 is 17.2 Å². The van der Waals surface area contributed by atoms with Gasteiger partial charge in [-0.25, -0.2) is 4.98 Å². The third kappa shape index (κ3) is 3.48. The first kappa shape index (κ1) is 17.0. The number of aryl methyl sites for hydroxylation is 1. The number of aromatic nitrogens is 2. The van der Waals surface area contributed by atoms with Crippen LogP contribution in [0.25, 0.3) is 16.4 Å². The fourth-order valence-electron chi connectivity index (χ4n) is 2.49. The highest BCUT2D eigenvalue weighted by Crippen LogP contribution is 2.29. The molecule has 3 rings (SSSR count). The number of thiophene rings is 1. The molecule has 0 aliphatic carbocycles. The van der Waals surface area contributed by atoms with Gasteiger partial charge in [-0.2, -0.15) is 0 Å². The van der Waals surface area contributed by atoms with Crippen LogP contribution in [0, 0.1) is 18.8 Å². The van der Waals surface area contributed by atoms with E-state index in [0.29, 0.717) is 5.56 Å². The van der Waals surface area contributed by atoms with Crippen LogP contribution in [0.2, 0.25) is 0 Å². The number of amides is 1. The Bertz CT molecular complexity index is 976. The monoisotopic (exact) mass is 351 g/mol. The van der Waals surface area contributed by atoms with E-state index in [1.807, 2.05) is 48.0 Å². The summed E-state index contributed by atoms with van der Waals surface area (Å²) in [6.07, 6.45) is 3.62. The molecule has 25 heavy (non-hydrogen) atoms. The highest BCUT2D eigenvalue weighted by atomic mass is 32.1. The second-order valence-corrected chi connectivity index (χ2v) is 6.41. The van der Waals surface area contributed by atoms with Crippen molar-refractivity contribution in [1.82, 2.24) is 14.9 Å². The van der Waals surface area contributed by atoms with Crippen LogP contribution in [-0.4, -0.2) is 34.2 Å². The first-order valence-electron chi connectivity index (χ1n) is 7.70. The number of hydrogen-bond acceptors (Lipinski definition) is 4. The van der Waals surface area contributed by atoms with E-state index in [0.717, 1.165) is 26.8 Å². The first-order chi connectivity index (χ1) is 12.1. The molecule has 3 aromatic rings. The molecule has 0 saturated carbocycles. The van der Waals surface area contributed by atoms with Gasteiger partial charge >= 0.3 is 0 Å². The van der Waals surface area contributed by atoms with E-state index in [2.05, 4.69) is 22.1 Å². The van der Waals surface area contributed by atoms with E-state index in [1.54, 1.807) is 13.2 Å². The molecular formula is C19H17N3O2S. The van der Waals surface area contributed by atoms with Crippen LogP contribution in [0.4, 0.5) is 0 Å². The molecule has 0 unspecified atom stereocenters. The molecule has 5 nitrogen and oxygen atoms in total. The zero-order valence-corrected chi connectivity index (χ0v) is 14.7. The van der Waals surface area contributed by atoms with Gasteiger partial charge in [-0.3, -0.25) is 9.36 Å². The molecule has 2 aromatic heterocycles. The molecule has 0 aliphatic heterocycles. The second kappa shape index (κ2) is 7.34. The van der Waals surface area contributed by atoms with E-state index < -0.39 is 0 Å². The van der Waals surface area contributed by atoms with Gasteiger partial charge in [0.25, 0.3) is 5.91 Å². The standard InChI is InChI=1S/C19H17N3O2S/c1-13-5-6-14(19(24)20-2)12-16(13)22-10-9-21-18(22)17-8-7-15(25-17)4-3-11-23/h5-10,12,23H,11H2,1-2H3,(H,20,24). The van der Waals surface area contributed by atoms with Gasteiger partial charge in [-0.15, -0.1) is 11.3 Å². The maximum absolute atomic E-state index is 11.9. The van der Waals surface area contributed by atoms with Crippen molar-refractivity contribution in [2.45, 2.75) is 6.92 Å². The number of carbonyl (C=O) groups excluding carboxylic acids is 1. The molecule has 1 amide bonds. The van der Waals surface area contributed by atoms with Crippen molar-refractivity contribution in [2.24, 2.45) is 0 Å². The molecule has 0 aliphatic rings. The lowest BCUT2D eigenvalue weighted by molar-refractivity contribution is 0.0963. The normalized spacial score (nSPS) is 10.2. The molecule has 0 saturated heterocycles. The molecule has 2 heterocycles. The number of aliphatic hydroxyl groups is 1. The van der Waals surface area contributed by atoms with Gasteiger partial charge in [0.1, 0.15) is 6.61 Å². The van der Waals surface area contributed by atoms with Crippen LogP contribution in [0.15, 0.2) is 42.7 Å². The summed E-state index contributed by atoms with van der Waals surface area (Å²) in [6, 6.07) is 9.47. The van der Waals surface area contributed by atoms with E-state index >= 15 is 0 Å². The molecule has 1 aromatic carbocycles. The quantitative estimate of drug-likeness (QED) is 0.713. The third-order valence-corrected chi connectivity index (χ3v) is 4.71. The van der Waals surface area contributed by atoms with Crippen LogP contribution in [0.3, 0.4) is 0 Å². The molecular weight excluding hydrogens is 334 g/mol. The van der Waals surface area contributed by atoms with Crippen molar-refractivity contribution in [1.29, 1.82) is 0 Å². The summed E-state index contributed by atoms with van der Waals surface area (Å²) in [5.74, 6) is 6.22. The number of hydrogen-bond donors (Lipinski definition) is 2. The van der Waals surface area contributed by atoms with Crippen molar-refractivity contribution in [3.63, 3.8) is 0 Å². The molecule has 6 heteroatoms. The zero-order chi connectivity index (χ0) is 17.8. The molecule has 0 fully saturated rings. The summed E-state index contributed by atoms with van der Waals surface area (Å²) >= 11 is 1.51. The number of rotatable bonds is 3. The van der Waals surface area contributed by atoms with Gasteiger partial charge in [0.2, 0.25) is 0 Å². The van der Waals surface area contributed by atoms with Crippen LogP contribution >= 0.6 is 11.3 Å². The van der Waals surface area contributed by atoms with E-state index in [4.69, 9.17) is 5.11 Å². The van der Waals surface area contributed by atoms with Gasteiger partial charge in [0.05, 0.1) is 15.4 Å². The summed E-state index contributed by atoms with van der Waals surface area (Å²) in [5, 5.41) is 11.5. The second-order valence-electron chi connectivity index (χ2n) is 5.33. The summed E-state index contributed by atoms with van der Waals surface area (Å²) < 4.78 is 1.97. The van der Waals surface area contributed by atoms with Gasteiger partial charge < -0.3 is 10.4 Å². The Balaban J connectivity index is 2.05. The zero-order valence-electron chi connectivity index (χ0n) is 13.9. The third-order valence-electron chi connectivity index (χ3n) is 3.72. The van der Waals surface area contributed by atoms with Crippen LogP contribution in [-0.2, 0) is 0 Å². The smallest absolute Gasteiger partial charge is 0.251 e. The maximum atomic E-state index is 11.9. The van der Waals surface area contributed by atoms with Crippen molar-refractivity contribution < 1.29 is 9.90 Å². The average molecular weight is 351 g/mol. The molecule has 126 valence electrons. The van der Waals surface area contributed by atoms with Gasteiger partial charge in [0.15, 0.2) is 5.82 Å². The number of carbonyl (C=O) groups is 1. The van der Waals surface area contributed by atoms with Gasteiger partial charge in [-0.1, -0.05) is 17.9 Å². The summed E-state index contributed by atoms with van der Waals surface area (Å²) in [4.78, 5) is 18.2. The Hall–Kier alpha value is -2.88. The Morgan fingerprint density at radius 1 is 1.36 bits per heavy atom. The van der Waals surface area contributed by atoms with Crippen molar-refractivity contribution in [3.8, 4) is 28.2 Å².